The van der Waals surface area contributed by atoms with Gasteiger partial charge in [-0.3, -0.25) is 0 Å². The van der Waals surface area contributed by atoms with Gasteiger partial charge in [-0.25, -0.2) is 0 Å². The van der Waals surface area contributed by atoms with Crippen LogP contribution in [0.15, 0.2) is 12.1 Å². The maximum Gasteiger partial charge on any atom is 0.0398 e. The van der Waals surface area contributed by atoms with E-state index in [4.69, 9.17) is 0 Å². The molecule has 1 aromatic carbocycles. The Morgan fingerprint density at radius 1 is 0.800 bits per heavy atom. The lowest BCUT2D eigenvalue weighted by molar-refractivity contribution is 0.577. The van der Waals surface area contributed by atoms with E-state index in [1.807, 2.05) is 0 Å². The standard InChI is InChI=1S/C14H21N/c1-11-9-13(3)14(10-12(11)2)15-7-5-4-6-8-15/h9-10H,4-8H2,1-3H3. The number of piperidine rings is 1. The van der Waals surface area contributed by atoms with Crippen molar-refractivity contribution in [3.8, 4) is 0 Å². The molecule has 0 bridgehead atoms. The first kappa shape index (κ1) is 10.5. The minimum atomic E-state index is 1.24. The van der Waals surface area contributed by atoms with Crippen molar-refractivity contribution in [1.29, 1.82) is 0 Å². The van der Waals surface area contributed by atoms with Crippen molar-refractivity contribution in [3.05, 3.63) is 28.8 Å². The molecule has 0 amide bonds. The van der Waals surface area contributed by atoms with Crippen LogP contribution in [0.2, 0.25) is 0 Å². The second-order valence-electron chi connectivity index (χ2n) is 4.77. The lowest BCUT2D eigenvalue weighted by atomic mass is 10.0. The van der Waals surface area contributed by atoms with E-state index in [-0.39, 0.29) is 0 Å². The number of hydrogen-bond donors (Lipinski definition) is 0. The first-order chi connectivity index (χ1) is 7.18. The Kier molecular flexibility index (Phi) is 2.99. The molecule has 0 spiro atoms. The molecule has 1 fully saturated rings. The molecule has 0 N–H and O–H groups in total. The molecule has 1 nitrogen and oxygen atoms in total. The predicted molar refractivity (Wildman–Crippen MR) is 66.7 cm³/mol. The van der Waals surface area contributed by atoms with Gasteiger partial charge in [0.2, 0.25) is 0 Å². The van der Waals surface area contributed by atoms with Gasteiger partial charge in [-0.2, -0.15) is 0 Å². The Labute approximate surface area is 93.1 Å². The van der Waals surface area contributed by atoms with Crippen LogP contribution in [0.1, 0.15) is 36.0 Å². The van der Waals surface area contributed by atoms with Crippen LogP contribution < -0.4 is 4.90 Å². The second kappa shape index (κ2) is 4.26. The van der Waals surface area contributed by atoms with Gasteiger partial charge in [-0.1, -0.05) is 6.07 Å². The quantitative estimate of drug-likeness (QED) is 0.674. The highest BCUT2D eigenvalue weighted by atomic mass is 15.1. The van der Waals surface area contributed by atoms with Crippen molar-refractivity contribution in [2.75, 3.05) is 18.0 Å². The summed E-state index contributed by atoms with van der Waals surface area (Å²) < 4.78 is 0. The molecule has 0 unspecified atom stereocenters. The normalized spacial score (nSPS) is 16.9. The third kappa shape index (κ3) is 2.17. The number of hydrogen-bond acceptors (Lipinski definition) is 1. The van der Waals surface area contributed by atoms with E-state index in [1.165, 1.54) is 54.7 Å². The van der Waals surface area contributed by atoms with Gasteiger partial charge >= 0.3 is 0 Å². The molecule has 15 heavy (non-hydrogen) atoms. The fourth-order valence-corrected chi connectivity index (χ4v) is 2.42. The lowest BCUT2D eigenvalue weighted by Gasteiger charge is -2.30. The summed E-state index contributed by atoms with van der Waals surface area (Å²) in [5.74, 6) is 0. The molecule has 1 heterocycles. The summed E-state index contributed by atoms with van der Waals surface area (Å²) in [7, 11) is 0. The highest BCUT2D eigenvalue weighted by molar-refractivity contribution is 5.57. The maximum absolute atomic E-state index is 2.55. The molecule has 1 aliphatic heterocycles. The molecule has 0 saturated carbocycles. The SMILES string of the molecule is Cc1cc(C)c(N2CCCCC2)cc1C. The summed E-state index contributed by atoms with van der Waals surface area (Å²) in [6.45, 7) is 9.12. The molecule has 0 radical (unpaired) electrons. The van der Waals surface area contributed by atoms with E-state index in [0.717, 1.165) is 0 Å². The van der Waals surface area contributed by atoms with E-state index < -0.39 is 0 Å². The van der Waals surface area contributed by atoms with Gasteiger partial charge in [0.25, 0.3) is 0 Å². The third-order valence-electron chi connectivity index (χ3n) is 3.51. The van der Waals surface area contributed by atoms with Gasteiger partial charge < -0.3 is 4.90 Å². The average Bonchev–Trinajstić information content (AvgIpc) is 2.25. The molecular weight excluding hydrogens is 182 g/mol. The van der Waals surface area contributed by atoms with Crippen molar-refractivity contribution >= 4 is 5.69 Å². The fourth-order valence-electron chi connectivity index (χ4n) is 2.42. The Morgan fingerprint density at radius 2 is 1.40 bits per heavy atom. The molecule has 1 aromatic rings. The average molecular weight is 203 g/mol. The van der Waals surface area contributed by atoms with Crippen LogP contribution in [0.25, 0.3) is 0 Å². The Bertz CT molecular complexity index is 349. The van der Waals surface area contributed by atoms with E-state index in [0.29, 0.717) is 0 Å². The molecule has 82 valence electrons. The van der Waals surface area contributed by atoms with Crippen molar-refractivity contribution in [2.45, 2.75) is 40.0 Å². The summed E-state index contributed by atoms with van der Waals surface area (Å²) in [5, 5.41) is 0. The fraction of sp³-hybridized carbons (Fsp3) is 0.571. The predicted octanol–water partition coefficient (Wildman–Crippen LogP) is 3.60. The van der Waals surface area contributed by atoms with Crippen molar-refractivity contribution in [3.63, 3.8) is 0 Å². The summed E-state index contributed by atoms with van der Waals surface area (Å²) >= 11 is 0. The Morgan fingerprint density at radius 3 is 2.07 bits per heavy atom. The van der Waals surface area contributed by atoms with Gasteiger partial charge in [0.1, 0.15) is 0 Å². The van der Waals surface area contributed by atoms with E-state index in [1.54, 1.807) is 0 Å². The van der Waals surface area contributed by atoms with Crippen LogP contribution in [-0.2, 0) is 0 Å². The van der Waals surface area contributed by atoms with Gasteiger partial charge in [0, 0.05) is 18.8 Å². The van der Waals surface area contributed by atoms with Crippen molar-refractivity contribution in [2.24, 2.45) is 0 Å². The number of rotatable bonds is 1. The van der Waals surface area contributed by atoms with E-state index in [9.17, 15) is 0 Å². The van der Waals surface area contributed by atoms with Gasteiger partial charge in [-0.15, -0.1) is 0 Å². The Balaban J connectivity index is 2.30. The molecular formula is C14H21N. The van der Waals surface area contributed by atoms with E-state index >= 15 is 0 Å². The maximum atomic E-state index is 2.55. The number of benzene rings is 1. The number of anilines is 1. The zero-order valence-corrected chi connectivity index (χ0v) is 10.1. The minimum absolute atomic E-state index is 1.24. The smallest absolute Gasteiger partial charge is 0.0398 e. The summed E-state index contributed by atoms with van der Waals surface area (Å²) in [4.78, 5) is 2.55. The van der Waals surface area contributed by atoms with Crippen LogP contribution in [-0.4, -0.2) is 13.1 Å². The van der Waals surface area contributed by atoms with Gasteiger partial charge in [0.05, 0.1) is 0 Å². The summed E-state index contributed by atoms with van der Waals surface area (Å²) in [5.41, 5.74) is 5.72. The number of aryl methyl sites for hydroxylation is 3. The van der Waals surface area contributed by atoms with Crippen LogP contribution >= 0.6 is 0 Å². The largest absolute Gasteiger partial charge is 0.371 e. The molecule has 1 aliphatic rings. The van der Waals surface area contributed by atoms with Crippen molar-refractivity contribution < 1.29 is 0 Å². The summed E-state index contributed by atoms with van der Waals surface area (Å²) in [6, 6.07) is 4.68. The topological polar surface area (TPSA) is 3.24 Å². The lowest BCUT2D eigenvalue weighted by Crippen LogP contribution is -2.30. The molecule has 2 rings (SSSR count). The Hall–Kier alpha value is -0.980. The van der Waals surface area contributed by atoms with Crippen LogP contribution in [0.5, 0.6) is 0 Å². The van der Waals surface area contributed by atoms with Crippen LogP contribution in [0, 0.1) is 20.8 Å². The van der Waals surface area contributed by atoms with Gasteiger partial charge in [-0.05, 0) is 62.8 Å². The van der Waals surface area contributed by atoms with Crippen LogP contribution in [0.3, 0.4) is 0 Å². The second-order valence-corrected chi connectivity index (χ2v) is 4.77. The zero-order valence-electron chi connectivity index (χ0n) is 10.1. The molecule has 0 aliphatic carbocycles. The highest BCUT2D eigenvalue weighted by Crippen LogP contribution is 2.26. The van der Waals surface area contributed by atoms with Gasteiger partial charge in [0.15, 0.2) is 0 Å². The monoisotopic (exact) mass is 203 g/mol. The van der Waals surface area contributed by atoms with E-state index in [2.05, 4.69) is 37.8 Å². The summed E-state index contributed by atoms with van der Waals surface area (Å²) in [6.07, 6.45) is 4.11. The first-order valence-electron chi connectivity index (χ1n) is 6.01. The first-order valence-corrected chi connectivity index (χ1v) is 6.01. The number of nitrogens with zero attached hydrogens (tertiary/aromatic N) is 1. The molecule has 0 aromatic heterocycles. The molecule has 1 heteroatoms. The minimum Gasteiger partial charge on any atom is -0.371 e. The molecule has 1 saturated heterocycles. The van der Waals surface area contributed by atoms with Crippen LogP contribution in [0.4, 0.5) is 5.69 Å². The third-order valence-corrected chi connectivity index (χ3v) is 3.51. The zero-order chi connectivity index (χ0) is 10.8. The van der Waals surface area contributed by atoms with Crippen molar-refractivity contribution in [1.82, 2.24) is 0 Å². The molecule has 0 atom stereocenters. The highest BCUT2D eigenvalue weighted by Gasteiger charge is 2.13.